The zero-order valence-electron chi connectivity index (χ0n) is 18.7. The molecule has 0 bridgehead atoms. The van der Waals surface area contributed by atoms with E-state index in [1.807, 2.05) is 34.1 Å². The van der Waals surface area contributed by atoms with Crippen LogP contribution >= 0.6 is 23.5 Å². The second-order valence-corrected chi connectivity index (χ2v) is 10.2. The molecule has 1 aromatic heterocycles. The van der Waals surface area contributed by atoms with E-state index in [9.17, 15) is 9.59 Å². The Hall–Kier alpha value is -1.88. The summed E-state index contributed by atoms with van der Waals surface area (Å²) in [6, 6.07) is 7.73. The van der Waals surface area contributed by atoms with Gasteiger partial charge in [0.05, 0.1) is 22.5 Å². The lowest BCUT2D eigenvalue weighted by Crippen LogP contribution is -2.47. The van der Waals surface area contributed by atoms with Crippen molar-refractivity contribution in [2.45, 2.75) is 10.1 Å². The molecule has 0 atom stereocenters. The van der Waals surface area contributed by atoms with E-state index in [0.717, 1.165) is 73.4 Å². The van der Waals surface area contributed by atoms with E-state index in [1.165, 1.54) is 23.5 Å². The number of carbonyl (C=O) groups excluding carboxylic acids is 2. The van der Waals surface area contributed by atoms with Crippen LogP contribution in [0.3, 0.4) is 0 Å². The summed E-state index contributed by atoms with van der Waals surface area (Å²) in [7, 11) is 4.16. The fraction of sp³-hybridized carbons (Fsp3) is 0.545. The van der Waals surface area contributed by atoms with Crippen LogP contribution in [-0.4, -0.2) is 119 Å². The summed E-state index contributed by atoms with van der Waals surface area (Å²) in [4.78, 5) is 43.3. The monoisotopic (exact) mass is 474 g/mol. The van der Waals surface area contributed by atoms with Gasteiger partial charge in [0.1, 0.15) is 10.1 Å². The molecule has 172 valence electrons. The van der Waals surface area contributed by atoms with E-state index in [0.29, 0.717) is 11.5 Å². The van der Waals surface area contributed by atoms with E-state index >= 15 is 0 Å². The maximum Gasteiger partial charge on any atom is 0.233 e. The Morgan fingerprint density at radius 1 is 0.719 bits per heavy atom. The first-order valence-electron chi connectivity index (χ1n) is 10.9. The molecule has 2 amide bonds. The molecule has 3 heterocycles. The van der Waals surface area contributed by atoms with Gasteiger partial charge < -0.3 is 19.6 Å². The first-order valence-corrected chi connectivity index (χ1v) is 12.9. The minimum atomic E-state index is 0.127. The Morgan fingerprint density at radius 3 is 1.47 bits per heavy atom. The van der Waals surface area contributed by atoms with Crippen LogP contribution in [0, 0.1) is 0 Å². The molecule has 0 spiro atoms. The van der Waals surface area contributed by atoms with Gasteiger partial charge in [0.25, 0.3) is 0 Å². The van der Waals surface area contributed by atoms with E-state index in [2.05, 4.69) is 23.9 Å². The fourth-order valence-electron chi connectivity index (χ4n) is 3.71. The van der Waals surface area contributed by atoms with Gasteiger partial charge in [-0.25, -0.2) is 9.97 Å². The summed E-state index contributed by atoms with van der Waals surface area (Å²) in [5.41, 5.74) is 1.61. The van der Waals surface area contributed by atoms with Gasteiger partial charge in [-0.3, -0.25) is 9.59 Å². The fourth-order valence-corrected chi connectivity index (χ4v) is 5.61. The minimum absolute atomic E-state index is 0.127. The quantitative estimate of drug-likeness (QED) is 0.582. The predicted molar refractivity (Wildman–Crippen MR) is 129 cm³/mol. The van der Waals surface area contributed by atoms with Crippen LogP contribution in [0.4, 0.5) is 0 Å². The number of rotatable bonds is 6. The van der Waals surface area contributed by atoms with Crippen LogP contribution in [0.1, 0.15) is 0 Å². The van der Waals surface area contributed by atoms with Crippen LogP contribution in [0.5, 0.6) is 0 Å². The van der Waals surface area contributed by atoms with Gasteiger partial charge in [0.15, 0.2) is 0 Å². The molecule has 4 rings (SSSR count). The van der Waals surface area contributed by atoms with Crippen molar-refractivity contribution in [3.63, 3.8) is 0 Å². The number of amides is 2. The standard InChI is InChI=1S/C22H30N6O2S2/c1-25-7-11-27(12-8-25)19(29)15-31-21-22(24-18-6-4-3-5-17(18)23-21)32-16-20(30)28-13-9-26(2)10-14-28/h3-6H,7-16H2,1-2H3. The van der Waals surface area contributed by atoms with Gasteiger partial charge in [-0.1, -0.05) is 35.7 Å². The number of thioether (sulfide) groups is 2. The second kappa shape index (κ2) is 10.8. The number of piperazine rings is 2. The Balaban J connectivity index is 1.43. The van der Waals surface area contributed by atoms with Crippen molar-refractivity contribution < 1.29 is 9.59 Å². The number of benzene rings is 1. The van der Waals surface area contributed by atoms with Crippen LogP contribution < -0.4 is 0 Å². The van der Waals surface area contributed by atoms with Crippen LogP contribution in [0.25, 0.3) is 11.0 Å². The lowest BCUT2D eigenvalue weighted by Gasteiger charge is -2.32. The third-order valence-electron chi connectivity index (χ3n) is 5.89. The molecule has 0 N–H and O–H groups in total. The predicted octanol–water partition coefficient (Wildman–Crippen LogP) is 1.36. The van der Waals surface area contributed by atoms with Crippen molar-refractivity contribution in [3.05, 3.63) is 24.3 Å². The molecule has 2 aliphatic rings. The zero-order valence-corrected chi connectivity index (χ0v) is 20.3. The highest BCUT2D eigenvalue weighted by atomic mass is 32.2. The Kier molecular flexibility index (Phi) is 7.88. The summed E-state index contributed by atoms with van der Waals surface area (Å²) in [5.74, 6) is 0.915. The molecule has 8 nitrogen and oxygen atoms in total. The molecule has 2 aliphatic heterocycles. The summed E-state index contributed by atoms with van der Waals surface area (Å²) < 4.78 is 0. The number of hydrogen-bond acceptors (Lipinski definition) is 8. The highest BCUT2D eigenvalue weighted by Crippen LogP contribution is 2.30. The smallest absolute Gasteiger partial charge is 0.233 e. The van der Waals surface area contributed by atoms with Crippen molar-refractivity contribution in [2.24, 2.45) is 0 Å². The lowest BCUT2D eigenvalue weighted by atomic mass is 10.3. The van der Waals surface area contributed by atoms with Gasteiger partial charge in [0, 0.05) is 52.4 Å². The first kappa shape index (κ1) is 23.3. The van der Waals surface area contributed by atoms with E-state index in [-0.39, 0.29) is 11.8 Å². The molecule has 0 radical (unpaired) electrons. The van der Waals surface area contributed by atoms with Crippen LogP contribution in [-0.2, 0) is 9.59 Å². The van der Waals surface area contributed by atoms with E-state index in [1.54, 1.807) is 0 Å². The van der Waals surface area contributed by atoms with Gasteiger partial charge in [0.2, 0.25) is 11.8 Å². The molecule has 10 heteroatoms. The van der Waals surface area contributed by atoms with Crippen molar-refractivity contribution in [2.75, 3.05) is 78.0 Å². The molecular formula is C22H30N6O2S2. The number of hydrogen-bond donors (Lipinski definition) is 0. The number of likely N-dealkylation sites (N-methyl/N-ethyl adjacent to an activating group) is 2. The molecule has 0 aliphatic carbocycles. The summed E-state index contributed by atoms with van der Waals surface area (Å²) in [6.07, 6.45) is 0. The average molecular weight is 475 g/mol. The molecule has 2 fully saturated rings. The summed E-state index contributed by atoms with van der Waals surface area (Å²) >= 11 is 2.84. The van der Waals surface area contributed by atoms with Crippen molar-refractivity contribution in [3.8, 4) is 0 Å². The first-order chi connectivity index (χ1) is 15.5. The molecule has 2 saturated heterocycles. The Labute approximate surface area is 197 Å². The highest BCUT2D eigenvalue weighted by molar-refractivity contribution is 8.02. The van der Waals surface area contributed by atoms with Gasteiger partial charge >= 0.3 is 0 Å². The maximum absolute atomic E-state index is 12.7. The number of fused-ring (bicyclic) bond motifs is 1. The molecule has 1 aromatic carbocycles. The molecule has 0 saturated carbocycles. The van der Waals surface area contributed by atoms with E-state index < -0.39 is 0 Å². The highest BCUT2D eigenvalue weighted by Gasteiger charge is 2.22. The largest absolute Gasteiger partial charge is 0.339 e. The maximum atomic E-state index is 12.7. The van der Waals surface area contributed by atoms with Gasteiger partial charge in [-0.2, -0.15) is 0 Å². The van der Waals surface area contributed by atoms with Gasteiger partial charge in [-0.15, -0.1) is 0 Å². The SMILES string of the molecule is CN1CCN(C(=O)CSc2nc3ccccc3nc2SCC(=O)N2CCN(C)CC2)CC1. The molecular weight excluding hydrogens is 444 g/mol. The Morgan fingerprint density at radius 2 is 1.09 bits per heavy atom. The lowest BCUT2D eigenvalue weighted by molar-refractivity contribution is -0.130. The van der Waals surface area contributed by atoms with Crippen LogP contribution in [0.2, 0.25) is 0 Å². The molecule has 32 heavy (non-hydrogen) atoms. The van der Waals surface area contributed by atoms with Crippen LogP contribution in [0.15, 0.2) is 34.3 Å². The number of carbonyl (C=O) groups is 2. The minimum Gasteiger partial charge on any atom is -0.339 e. The zero-order chi connectivity index (χ0) is 22.5. The second-order valence-electron chi connectivity index (χ2n) is 8.27. The molecule has 0 unspecified atom stereocenters. The number of para-hydroxylation sites is 2. The van der Waals surface area contributed by atoms with E-state index in [4.69, 9.17) is 9.97 Å². The van der Waals surface area contributed by atoms with Crippen molar-refractivity contribution in [1.82, 2.24) is 29.6 Å². The summed E-state index contributed by atoms with van der Waals surface area (Å²) in [5, 5.41) is 1.45. The number of nitrogens with zero attached hydrogens (tertiary/aromatic N) is 6. The Bertz CT molecular complexity index is 882. The third-order valence-corrected chi connectivity index (χ3v) is 7.91. The topological polar surface area (TPSA) is 72.9 Å². The van der Waals surface area contributed by atoms with Gasteiger partial charge in [-0.05, 0) is 26.2 Å². The van der Waals surface area contributed by atoms with Crippen molar-refractivity contribution in [1.29, 1.82) is 0 Å². The molecule has 2 aromatic rings. The summed E-state index contributed by atoms with van der Waals surface area (Å²) in [6.45, 7) is 6.68. The average Bonchev–Trinajstić information content (AvgIpc) is 2.81. The van der Waals surface area contributed by atoms with Crippen molar-refractivity contribution >= 4 is 46.4 Å². The number of aromatic nitrogens is 2. The third kappa shape index (κ3) is 5.92. The normalized spacial score (nSPS) is 18.3.